The lowest BCUT2D eigenvalue weighted by Gasteiger charge is -2.56. The van der Waals surface area contributed by atoms with Crippen molar-refractivity contribution in [2.75, 3.05) is 57.9 Å². The Bertz CT molecular complexity index is 1680. The Hall–Kier alpha value is -4.31. The number of hydrogen-bond acceptors (Lipinski definition) is 11. The number of anilines is 1. The molecule has 45 heavy (non-hydrogen) atoms. The Morgan fingerprint density at radius 3 is 2.71 bits per heavy atom. The van der Waals surface area contributed by atoms with E-state index in [-0.39, 0.29) is 0 Å². The van der Waals surface area contributed by atoms with Gasteiger partial charge >= 0.3 is 0 Å². The van der Waals surface area contributed by atoms with E-state index >= 15 is 0 Å². The first-order valence-electron chi connectivity index (χ1n) is 16.0. The average molecular weight is 607 g/mol. The highest BCUT2D eigenvalue weighted by Gasteiger charge is 2.44. The van der Waals surface area contributed by atoms with E-state index in [4.69, 9.17) is 19.4 Å². The van der Waals surface area contributed by atoms with E-state index in [1.54, 1.807) is 17.8 Å². The van der Waals surface area contributed by atoms with Crippen LogP contribution in [0.25, 0.3) is 16.8 Å². The molecule has 5 fully saturated rings. The summed E-state index contributed by atoms with van der Waals surface area (Å²) in [6.07, 6.45) is 12.8. The van der Waals surface area contributed by atoms with Crippen LogP contribution in [0.3, 0.4) is 0 Å². The number of nitrogens with one attached hydrogen (secondary N) is 1. The van der Waals surface area contributed by atoms with Gasteiger partial charge in [0, 0.05) is 75.2 Å². The summed E-state index contributed by atoms with van der Waals surface area (Å²) in [6.45, 7) is 7.54. The number of ether oxygens (including phenoxy) is 2. The summed E-state index contributed by atoms with van der Waals surface area (Å²) in [5.41, 5.74) is 3.89. The van der Waals surface area contributed by atoms with E-state index in [2.05, 4.69) is 42.2 Å². The molecule has 5 aliphatic heterocycles. The maximum absolute atomic E-state index is 9.80. The molecule has 0 aromatic carbocycles. The minimum atomic E-state index is 0.478. The van der Waals surface area contributed by atoms with Crippen LogP contribution in [-0.4, -0.2) is 105 Å². The van der Waals surface area contributed by atoms with Crippen molar-refractivity contribution in [3.8, 4) is 29.0 Å². The van der Waals surface area contributed by atoms with Crippen molar-refractivity contribution in [3.63, 3.8) is 0 Å². The summed E-state index contributed by atoms with van der Waals surface area (Å²) in [5.74, 6) is 2.97. The second-order valence-corrected chi connectivity index (χ2v) is 12.7. The molecule has 9 heterocycles. The van der Waals surface area contributed by atoms with E-state index < -0.39 is 0 Å². The number of hydrogen-bond donors (Lipinski definition) is 1. The van der Waals surface area contributed by atoms with Gasteiger partial charge in [0.15, 0.2) is 0 Å². The number of fused-ring (bicyclic) bond motifs is 4. The molecule has 4 atom stereocenters. The van der Waals surface area contributed by atoms with Gasteiger partial charge in [-0.3, -0.25) is 14.8 Å². The Morgan fingerprint density at radius 1 is 1.04 bits per heavy atom. The molecule has 12 heteroatoms. The molecule has 4 unspecified atom stereocenters. The zero-order valence-electron chi connectivity index (χ0n) is 25.5. The molecule has 5 aliphatic rings. The van der Waals surface area contributed by atoms with Crippen LogP contribution in [0, 0.1) is 17.2 Å². The standard InChI is InChI=1S/C33H38N10O2/c1-44-32-5-4-22(12-38-32)16-42-25-9-26(42)19-41(18-25)31-15-36-29(14-37-31)28-10-27(20-43-33(28)24(11-34)13-39-43)45-8-7-40-17-23-3-2-6-35-30(23)21-40/h4-5,10,12-15,20,23,25-26,30,35H,2-3,6-9,16-19,21H2,1H3. The molecule has 0 radical (unpaired) electrons. The van der Waals surface area contributed by atoms with Crippen molar-refractivity contribution >= 4 is 11.3 Å². The van der Waals surface area contributed by atoms with Gasteiger partial charge in [-0.25, -0.2) is 14.5 Å². The summed E-state index contributed by atoms with van der Waals surface area (Å²) in [4.78, 5) is 21.4. The summed E-state index contributed by atoms with van der Waals surface area (Å²) in [5, 5.41) is 17.9. The van der Waals surface area contributed by atoms with Crippen molar-refractivity contribution < 1.29 is 9.47 Å². The third-order valence-corrected chi connectivity index (χ3v) is 10.0. The number of nitrogens with zero attached hydrogens (tertiary/aromatic N) is 9. The van der Waals surface area contributed by atoms with Gasteiger partial charge in [0.05, 0.1) is 48.7 Å². The number of methoxy groups -OCH3 is 1. The van der Waals surface area contributed by atoms with E-state index in [1.807, 2.05) is 36.9 Å². The zero-order chi connectivity index (χ0) is 30.3. The topological polar surface area (TPSA) is 120 Å². The molecule has 5 saturated heterocycles. The number of nitriles is 1. The van der Waals surface area contributed by atoms with Gasteiger partial charge in [0.2, 0.25) is 5.88 Å². The van der Waals surface area contributed by atoms with Gasteiger partial charge in [-0.15, -0.1) is 0 Å². The molecular weight excluding hydrogens is 568 g/mol. The summed E-state index contributed by atoms with van der Waals surface area (Å²) >= 11 is 0. The summed E-state index contributed by atoms with van der Waals surface area (Å²) < 4.78 is 13.2. The van der Waals surface area contributed by atoms with Crippen molar-refractivity contribution in [1.29, 1.82) is 5.26 Å². The minimum Gasteiger partial charge on any atom is -0.491 e. The largest absolute Gasteiger partial charge is 0.491 e. The predicted molar refractivity (Wildman–Crippen MR) is 168 cm³/mol. The van der Waals surface area contributed by atoms with Crippen molar-refractivity contribution in [2.24, 2.45) is 5.92 Å². The molecule has 9 rings (SSSR count). The van der Waals surface area contributed by atoms with Crippen LogP contribution in [0.1, 0.15) is 30.4 Å². The van der Waals surface area contributed by atoms with Crippen molar-refractivity contribution in [3.05, 3.63) is 60.3 Å². The maximum Gasteiger partial charge on any atom is 0.212 e. The first-order chi connectivity index (χ1) is 22.1. The smallest absolute Gasteiger partial charge is 0.212 e. The lowest BCUT2D eigenvalue weighted by atomic mass is 9.87. The number of aromatic nitrogens is 5. The minimum absolute atomic E-state index is 0.478. The molecule has 2 bridgehead atoms. The van der Waals surface area contributed by atoms with Crippen molar-refractivity contribution in [2.45, 2.75) is 43.9 Å². The quantitative estimate of drug-likeness (QED) is 0.303. The summed E-state index contributed by atoms with van der Waals surface area (Å²) in [7, 11) is 1.64. The Labute approximate surface area is 262 Å². The Balaban J connectivity index is 0.944. The van der Waals surface area contributed by atoms with Gasteiger partial charge < -0.3 is 19.7 Å². The van der Waals surface area contributed by atoms with Crippen LogP contribution in [0.4, 0.5) is 5.82 Å². The molecule has 0 amide bonds. The number of piperazine rings is 1. The number of pyridine rings is 2. The van der Waals surface area contributed by atoms with Gasteiger partial charge in [-0.2, -0.15) is 10.4 Å². The summed E-state index contributed by atoms with van der Waals surface area (Å²) in [6, 6.07) is 9.83. The lowest BCUT2D eigenvalue weighted by Crippen LogP contribution is -2.68. The highest BCUT2D eigenvalue weighted by molar-refractivity contribution is 5.83. The first kappa shape index (κ1) is 28.2. The predicted octanol–water partition coefficient (Wildman–Crippen LogP) is 2.59. The first-order valence-corrected chi connectivity index (χ1v) is 16.0. The van der Waals surface area contributed by atoms with Gasteiger partial charge in [0.1, 0.15) is 24.2 Å². The van der Waals surface area contributed by atoms with E-state index in [1.165, 1.54) is 24.8 Å². The fourth-order valence-corrected chi connectivity index (χ4v) is 7.66. The average Bonchev–Trinajstić information content (AvgIpc) is 3.71. The highest BCUT2D eigenvalue weighted by atomic mass is 16.5. The van der Waals surface area contributed by atoms with Crippen molar-refractivity contribution in [1.82, 2.24) is 39.7 Å². The van der Waals surface area contributed by atoms with Gasteiger partial charge in [0.25, 0.3) is 0 Å². The molecule has 0 aliphatic carbocycles. The van der Waals surface area contributed by atoms with E-state index in [0.29, 0.717) is 53.1 Å². The molecule has 1 N–H and O–H groups in total. The van der Waals surface area contributed by atoms with Crippen LogP contribution < -0.4 is 19.7 Å². The third-order valence-electron chi connectivity index (χ3n) is 10.0. The second-order valence-electron chi connectivity index (χ2n) is 12.7. The van der Waals surface area contributed by atoms with Gasteiger partial charge in [-0.1, -0.05) is 6.07 Å². The fourth-order valence-electron chi connectivity index (χ4n) is 7.66. The van der Waals surface area contributed by atoms with E-state index in [0.717, 1.165) is 63.1 Å². The molecule has 0 spiro atoms. The Morgan fingerprint density at radius 2 is 1.96 bits per heavy atom. The molecular formula is C33H38N10O2. The lowest BCUT2D eigenvalue weighted by molar-refractivity contribution is -0.00879. The second kappa shape index (κ2) is 11.9. The molecule has 4 aromatic heterocycles. The molecule has 4 aromatic rings. The Kier molecular flexibility index (Phi) is 7.45. The fraction of sp³-hybridized carbons (Fsp3) is 0.485. The molecule has 0 saturated carbocycles. The number of rotatable bonds is 9. The molecule has 12 nitrogen and oxygen atoms in total. The SMILES string of the molecule is COc1ccc(CN2C3CC2CN(c2cnc(-c4cc(OCCN5CC6CCCNC6C5)cn5ncc(C#N)c45)cn2)C3)cn1. The van der Waals surface area contributed by atoms with E-state index in [9.17, 15) is 5.26 Å². The normalized spacial score (nSPS) is 24.7. The van der Waals surface area contributed by atoms with Crippen LogP contribution >= 0.6 is 0 Å². The van der Waals surface area contributed by atoms with Gasteiger partial charge in [-0.05, 0) is 43.4 Å². The maximum atomic E-state index is 9.80. The zero-order valence-corrected chi connectivity index (χ0v) is 25.5. The monoisotopic (exact) mass is 606 g/mol. The van der Waals surface area contributed by atoms with Crippen LogP contribution in [0.15, 0.2) is 49.2 Å². The highest BCUT2D eigenvalue weighted by Crippen LogP contribution is 2.36. The number of piperidine rings is 2. The van der Waals surface area contributed by atoms with Crippen LogP contribution in [0.2, 0.25) is 0 Å². The number of likely N-dealkylation sites (tertiary alicyclic amines) is 1. The van der Waals surface area contributed by atoms with Crippen LogP contribution in [-0.2, 0) is 6.54 Å². The van der Waals surface area contributed by atoms with Crippen LogP contribution in [0.5, 0.6) is 11.6 Å². The third kappa shape index (κ3) is 5.45. The molecule has 232 valence electrons.